The summed E-state index contributed by atoms with van der Waals surface area (Å²) in [7, 11) is 0. The lowest BCUT2D eigenvalue weighted by atomic mass is 9.62. The molecule has 0 aliphatic heterocycles. The van der Waals surface area contributed by atoms with Gasteiger partial charge < -0.3 is 20.1 Å². The zero-order chi connectivity index (χ0) is 25.1. The second-order valence-corrected chi connectivity index (χ2v) is 11.6. The van der Waals surface area contributed by atoms with Crippen LogP contribution in [0.2, 0.25) is 0 Å². The fourth-order valence-electron chi connectivity index (χ4n) is 6.63. The van der Waals surface area contributed by atoms with Crippen molar-refractivity contribution >= 4 is 0 Å². The molecule has 3 aliphatic rings. The van der Waals surface area contributed by atoms with Crippen LogP contribution in [0.15, 0.2) is 47.1 Å². The Hall–Kier alpha value is -1.20. The van der Waals surface area contributed by atoms with Gasteiger partial charge in [-0.3, -0.25) is 0 Å². The van der Waals surface area contributed by atoms with Crippen molar-refractivity contribution in [3.8, 4) is 0 Å². The van der Waals surface area contributed by atoms with E-state index in [0.717, 1.165) is 56.1 Å². The van der Waals surface area contributed by atoms with E-state index in [-0.39, 0.29) is 11.0 Å². The average molecular weight is 473 g/mol. The van der Waals surface area contributed by atoms with Crippen molar-refractivity contribution in [3.63, 3.8) is 0 Å². The van der Waals surface area contributed by atoms with Gasteiger partial charge in [0.1, 0.15) is 0 Å². The highest BCUT2D eigenvalue weighted by atomic mass is 16.5. The molecule has 4 heteroatoms. The first-order valence-electron chi connectivity index (χ1n) is 13.5. The zero-order valence-corrected chi connectivity index (χ0v) is 22.2. The number of rotatable bonds is 9. The number of hydrogen-bond acceptors (Lipinski definition) is 4. The van der Waals surface area contributed by atoms with E-state index in [2.05, 4.69) is 59.4 Å². The highest BCUT2D eigenvalue weighted by Gasteiger charge is 2.49. The van der Waals surface area contributed by atoms with E-state index >= 15 is 0 Å². The summed E-state index contributed by atoms with van der Waals surface area (Å²) in [5.74, 6) is 0.466. The fourth-order valence-corrected chi connectivity index (χ4v) is 6.63. The highest BCUT2D eigenvalue weighted by molar-refractivity contribution is 5.41. The number of hydrogen-bond donors (Lipinski definition) is 3. The Morgan fingerprint density at radius 1 is 1.21 bits per heavy atom. The third-order valence-electron chi connectivity index (χ3n) is 9.03. The van der Waals surface area contributed by atoms with Crippen LogP contribution >= 0.6 is 0 Å². The molecule has 0 aromatic rings. The molecule has 0 unspecified atom stereocenters. The van der Waals surface area contributed by atoms with Crippen molar-refractivity contribution in [1.29, 1.82) is 0 Å². The third-order valence-corrected chi connectivity index (χ3v) is 9.03. The van der Waals surface area contributed by atoms with Gasteiger partial charge in [0.25, 0.3) is 0 Å². The number of aliphatic hydroxyl groups excluding tert-OH is 2. The minimum absolute atomic E-state index is 0.0856. The van der Waals surface area contributed by atoms with Gasteiger partial charge in [-0.1, -0.05) is 51.2 Å². The maximum absolute atomic E-state index is 10.6. The van der Waals surface area contributed by atoms with Crippen molar-refractivity contribution in [1.82, 2.24) is 0 Å². The molecule has 2 saturated carbocycles. The summed E-state index contributed by atoms with van der Waals surface area (Å²) in [5.41, 5.74) is 3.79. The van der Waals surface area contributed by atoms with Crippen LogP contribution in [0.25, 0.3) is 0 Å². The summed E-state index contributed by atoms with van der Waals surface area (Å²) in [5, 5.41) is 30.8. The van der Waals surface area contributed by atoms with Crippen molar-refractivity contribution in [2.24, 2.45) is 11.3 Å². The average Bonchev–Trinajstić information content (AvgIpc) is 3.16. The Labute approximate surface area is 207 Å². The second kappa shape index (κ2) is 10.8. The Kier molecular flexibility index (Phi) is 8.72. The molecule has 0 saturated heterocycles. The van der Waals surface area contributed by atoms with Crippen LogP contribution < -0.4 is 0 Å². The van der Waals surface area contributed by atoms with E-state index in [1.165, 1.54) is 17.6 Å². The molecule has 0 bridgehead atoms. The molecule has 3 aliphatic carbocycles. The molecular weight excluding hydrogens is 424 g/mol. The minimum Gasteiger partial charge on any atom is -0.393 e. The number of ether oxygens (including phenoxy) is 1. The standard InChI is InChI=1S/C30H48O4/c1-7-30(33,8-2)17-10-18-34-28(4,5)27-15-14-25-22(11-9-16-29(25,27)6)12-13-23-19-24(31)20-26(32)21(23)3/h12-13,15,24-26,31-33H,3,7-11,14,16-20H2,1-2,4-6H3/t24-,25+,26+,29+/m1/s1. The largest absolute Gasteiger partial charge is 0.393 e. The molecule has 34 heavy (non-hydrogen) atoms. The van der Waals surface area contributed by atoms with Crippen LogP contribution in [0.4, 0.5) is 0 Å². The quantitative estimate of drug-likeness (QED) is 0.277. The molecule has 4 atom stereocenters. The molecule has 4 nitrogen and oxygen atoms in total. The Morgan fingerprint density at radius 2 is 1.91 bits per heavy atom. The van der Waals surface area contributed by atoms with Gasteiger partial charge in [-0.25, -0.2) is 0 Å². The van der Waals surface area contributed by atoms with Gasteiger partial charge in [0.15, 0.2) is 0 Å². The minimum atomic E-state index is -0.645. The lowest BCUT2D eigenvalue weighted by Gasteiger charge is -2.45. The smallest absolute Gasteiger partial charge is 0.0840 e. The van der Waals surface area contributed by atoms with Crippen molar-refractivity contribution in [2.75, 3.05) is 6.61 Å². The van der Waals surface area contributed by atoms with Crippen molar-refractivity contribution < 1.29 is 20.1 Å². The normalized spacial score (nSPS) is 32.9. The second-order valence-electron chi connectivity index (χ2n) is 11.6. The van der Waals surface area contributed by atoms with E-state index < -0.39 is 17.8 Å². The first-order valence-corrected chi connectivity index (χ1v) is 13.5. The van der Waals surface area contributed by atoms with Gasteiger partial charge in [0.2, 0.25) is 0 Å². The number of aliphatic hydroxyl groups is 3. The maximum Gasteiger partial charge on any atom is 0.0840 e. The van der Waals surface area contributed by atoms with E-state index in [0.29, 0.717) is 25.4 Å². The fraction of sp³-hybridized carbons (Fsp3) is 0.733. The summed E-state index contributed by atoms with van der Waals surface area (Å²) < 4.78 is 6.46. The van der Waals surface area contributed by atoms with Crippen molar-refractivity contribution in [3.05, 3.63) is 47.1 Å². The van der Waals surface area contributed by atoms with Gasteiger partial charge in [-0.15, -0.1) is 0 Å². The van der Waals surface area contributed by atoms with E-state index in [1.807, 2.05) is 0 Å². The summed E-state index contributed by atoms with van der Waals surface area (Å²) >= 11 is 0. The number of allylic oxidation sites excluding steroid dienone is 4. The molecule has 0 aromatic carbocycles. The number of fused-ring (bicyclic) bond motifs is 1. The Bertz CT molecular complexity index is 829. The predicted octanol–water partition coefficient (Wildman–Crippen LogP) is 6.17. The molecule has 2 fully saturated rings. The van der Waals surface area contributed by atoms with E-state index in [4.69, 9.17) is 4.74 Å². The molecule has 3 N–H and O–H groups in total. The first kappa shape index (κ1) is 27.4. The van der Waals surface area contributed by atoms with Gasteiger partial charge >= 0.3 is 0 Å². The van der Waals surface area contributed by atoms with Crippen LogP contribution in [0, 0.1) is 11.3 Å². The topological polar surface area (TPSA) is 69.9 Å². The van der Waals surface area contributed by atoms with E-state index in [9.17, 15) is 15.3 Å². The van der Waals surface area contributed by atoms with Crippen LogP contribution in [-0.4, -0.2) is 45.3 Å². The molecule has 0 radical (unpaired) electrons. The molecule has 0 spiro atoms. The molecule has 0 amide bonds. The zero-order valence-electron chi connectivity index (χ0n) is 22.2. The summed E-state index contributed by atoms with van der Waals surface area (Å²) in [6.07, 6.45) is 14.2. The predicted molar refractivity (Wildman–Crippen MR) is 139 cm³/mol. The third kappa shape index (κ3) is 5.78. The lowest BCUT2D eigenvalue weighted by Crippen LogP contribution is -2.40. The van der Waals surface area contributed by atoms with Gasteiger partial charge in [0.05, 0.1) is 23.4 Å². The molecule has 3 rings (SSSR count). The highest BCUT2D eigenvalue weighted by Crippen LogP contribution is 2.57. The molecule has 192 valence electrons. The molecular formula is C30H48O4. The Morgan fingerprint density at radius 3 is 2.59 bits per heavy atom. The molecule has 0 heterocycles. The van der Waals surface area contributed by atoms with Gasteiger partial charge in [-0.2, -0.15) is 0 Å². The SMILES string of the molecule is C=C1C(=CC=C2CCC[C@]3(C)C(C(C)(C)OCCCC(O)(CC)CC)=CC[C@@H]23)C[C@@H](O)C[C@@H]1O. The van der Waals surface area contributed by atoms with Crippen LogP contribution in [0.1, 0.15) is 98.8 Å². The van der Waals surface area contributed by atoms with Crippen LogP contribution in [0.3, 0.4) is 0 Å². The molecule has 0 aromatic heterocycles. The van der Waals surface area contributed by atoms with E-state index in [1.54, 1.807) is 0 Å². The Balaban J connectivity index is 1.69. The van der Waals surface area contributed by atoms with Crippen molar-refractivity contribution in [2.45, 2.75) is 122 Å². The lowest BCUT2D eigenvalue weighted by molar-refractivity contribution is -0.0271. The summed E-state index contributed by atoms with van der Waals surface area (Å²) in [6.45, 7) is 15.6. The maximum atomic E-state index is 10.6. The first-order chi connectivity index (χ1) is 16.0. The summed E-state index contributed by atoms with van der Waals surface area (Å²) in [4.78, 5) is 0. The monoisotopic (exact) mass is 472 g/mol. The van der Waals surface area contributed by atoms with Crippen LogP contribution in [-0.2, 0) is 4.74 Å². The summed E-state index contributed by atoms with van der Waals surface area (Å²) in [6, 6.07) is 0. The van der Waals surface area contributed by atoms with Gasteiger partial charge in [-0.05, 0) is 99.7 Å². The van der Waals surface area contributed by atoms with Crippen LogP contribution in [0.5, 0.6) is 0 Å². The van der Waals surface area contributed by atoms with Gasteiger partial charge in [0, 0.05) is 13.0 Å².